The van der Waals surface area contributed by atoms with Gasteiger partial charge in [0.2, 0.25) is 0 Å². The van der Waals surface area contributed by atoms with Crippen LogP contribution in [-0.4, -0.2) is 25.2 Å². The van der Waals surface area contributed by atoms with Gasteiger partial charge in [-0.1, -0.05) is 17.7 Å². The van der Waals surface area contributed by atoms with Crippen molar-refractivity contribution in [2.24, 2.45) is 0 Å². The highest BCUT2D eigenvalue weighted by Crippen LogP contribution is 2.25. The van der Waals surface area contributed by atoms with Crippen LogP contribution in [0.5, 0.6) is 0 Å². The molecular weight excluding hydrogens is 234 g/mol. The molecule has 1 fully saturated rings. The Labute approximate surface area is 116 Å². The van der Waals surface area contributed by atoms with Crippen LogP contribution in [0, 0.1) is 25.2 Å². The minimum Gasteiger partial charge on any atom is -0.367 e. The lowest BCUT2D eigenvalue weighted by Crippen LogP contribution is -2.40. The van der Waals surface area contributed by atoms with Crippen molar-refractivity contribution in [3.8, 4) is 6.07 Å². The Morgan fingerprint density at radius 3 is 2.89 bits per heavy atom. The molecule has 1 heterocycles. The summed E-state index contributed by atoms with van der Waals surface area (Å²) in [4.78, 5) is 2.46. The third-order valence-corrected chi connectivity index (χ3v) is 3.94. The maximum atomic E-state index is 8.92. The summed E-state index contributed by atoms with van der Waals surface area (Å²) in [5.74, 6) is 0. The van der Waals surface area contributed by atoms with Gasteiger partial charge in [0.25, 0.3) is 0 Å². The fourth-order valence-electron chi connectivity index (χ4n) is 2.84. The Balaban J connectivity index is 2.26. The number of nitrogens with one attached hydrogen (secondary N) is 1. The summed E-state index contributed by atoms with van der Waals surface area (Å²) in [7, 11) is 0. The Bertz CT molecular complexity index is 475. The first-order valence-electron chi connectivity index (χ1n) is 7.06. The number of aryl methyl sites for hydroxylation is 2. The molecule has 2 atom stereocenters. The van der Waals surface area contributed by atoms with Gasteiger partial charge < -0.3 is 10.2 Å². The van der Waals surface area contributed by atoms with Crippen LogP contribution in [0.1, 0.15) is 30.9 Å². The number of rotatable bonds is 2. The standard InChI is InChI=1S/C16H23N3/c1-12-4-5-16(13(2)10-12)19-11-15(6-8-17)18-9-7-14(19)3/h4-5,10,14-15,18H,6-7,9,11H2,1-3H3. The van der Waals surface area contributed by atoms with Gasteiger partial charge in [-0.2, -0.15) is 5.26 Å². The second-order valence-electron chi connectivity index (χ2n) is 5.59. The van der Waals surface area contributed by atoms with Crippen LogP contribution in [0.15, 0.2) is 18.2 Å². The van der Waals surface area contributed by atoms with E-state index in [0.717, 1.165) is 19.5 Å². The van der Waals surface area contributed by atoms with Gasteiger partial charge in [-0.15, -0.1) is 0 Å². The number of anilines is 1. The van der Waals surface area contributed by atoms with Crippen molar-refractivity contribution in [1.82, 2.24) is 5.32 Å². The van der Waals surface area contributed by atoms with Crippen molar-refractivity contribution in [2.75, 3.05) is 18.0 Å². The second-order valence-corrected chi connectivity index (χ2v) is 5.59. The Kier molecular flexibility index (Phi) is 4.44. The van der Waals surface area contributed by atoms with E-state index in [0.29, 0.717) is 12.5 Å². The number of hydrogen-bond acceptors (Lipinski definition) is 3. The van der Waals surface area contributed by atoms with E-state index >= 15 is 0 Å². The van der Waals surface area contributed by atoms with Gasteiger partial charge in [-0.25, -0.2) is 0 Å². The highest BCUT2D eigenvalue weighted by molar-refractivity contribution is 5.55. The molecule has 0 saturated carbocycles. The van der Waals surface area contributed by atoms with E-state index in [1.165, 1.54) is 16.8 Å². The van der Waals surface area contributed by atoms with E-state index in [-0.39, 0.29) is 6.04 Å². The molecule has 1 aliphatic rings. The summed E-state index contributed by atoms with van der Waals surface area (Å²) in [5, 5.41) is 12.4. The van der Waals surface area contributed by atoms with Crippen LogP contribution in [-0.2, 0) is 0 Å². The predicted octanol–water partition coefficient (Wildman–Crippen LogP) is 2.77. The van der Waals surface area contributed by atoms with Gasteiger partial charge in [0, 0.05) is 24.3 Å². The number of nitrogens with zero attached hydrogens (tertiary/aromatic N) is 2. The molecule has 3 heteroatoms. The Morgan fingerprint density at radius 1 is 1.42 bits per heavy atom. The van der Waals surface area contributed by atoms with Crippen molar-refractivity contribution in [3.05, 3.63) is 29.3 Å². The molecule has 1 aromatic rings. The molecule has 102 valence electrons. The third-order valence-electron chi connectivity index (χ3n) is 3.94. The lowest BCUT2D eigenvalue weighted by molar-refractivity contribution is 0.552. The van der Waals surface area contributed by atoms with E-state index in [1.54, 1.807) is 0 Å². The smallest absolute Gasteiger partial charge is 0.0638 e. The molecule has 0 bridgehead atoms. The molecule has 1 N–H and O–H groups in total. The SMILES string of the molecule is Cc1ccc(N2CC(CC#N)NCCC2C)c(C)c1. The molecule has 0 radical (unpaired) electrons. The monoisotopic (exact) mass is 257 g/mol. The summed E-state index contributed by atoms with van der Waals surface area (Å²) >= 11 is 0. The molecule has 3 nitrogen and oxygen atoms in total. The van der Waals surface area contributed by atoms with Crippen LogP contribution in [0.25, 0.3) is 0 Å². The maximum absolute atomic E-state index is 8.92. The van der Waals surface area contributed by atoms with Crippen molar-refractivity contribution >= 4 is 5.69 Å². The fourth-order valence-corrected chi connectivity index (χ4v) is 2.84. The summed E-state index contributed by atoms with van der Waals surface area (Å²) in [6.45, 7) is 8.48. The number of nitriles is 1. The van der Waals surface area contributed by atoms with Crippen LogP contribution in [0.4, 0.5) is 5.69 Å². The lowest BCUT2D eigenvalue weighted by Gasteiger charge is -2.32. The van der Waals surface area contributed by atoms with Gasteiger partial charge in [-0.3, -0.25) is 0 Å². The normalized spacial score (nSPS) is 23.8. The van der Waals surface area contributed by atoms with Crippen molar-refractivity contribution in [1.29, 1.82) is 5.26 Å². The molecule has 2 unspecified atom stereocenters. The topological polar surface area (TPSA) is 39.1 Å². The molecule has 1 aromatic carbocycles. The zero-order chi connectivity index (χ0) is 13.8. The fraction of sp³-hybridized carbons (Fsp3) is 0.562. The highest BCUT2D eigenvalue weighted by Gasteiger charge is 2.23. The molecule has 0 aliphatic carbocycles. The van der Waals surface area contributed by atoms with Crippen LogP contribution in [0.3, 0.4) is 0 Å². The minimum absolute atomic E-state index is 0.274. The van der Waals surface area contributed by atoms with Crippen molar-refractivity contribution < 1.29 is 0 Å². The van der Waals surface area contributed by atoms with E-state index in [4.69, 9.17) is 5.26 Å². The minimum atomic E-state index is 0.274. The summed E-state index contributed by atoms with van der Waals surface area (Å²) in [5.41, 5.74) is 3.93. The van der Waals surface area contributed by atoms with E-state index < -0.39 is 0 Å². The summed E-state index contributed by atoms with van der Waals surface area (Å²) < 4.78 is 0. The maximum Gasteiger partial charge on any atom is 0.0638 e. The van der Waals surface area contributed by atoms with Crippen LogP contribution < -0.4 is 10.2 Å². The van der Waals surface area contributed by atoms with Crippen LogP contribution in [0.2, 0.25) is 0 Å². The Morgan fingerprint density at radius 2 is 2.21 bits per heavy atom. The molecule has 19 heavy (non-hydrogen) atoms. The predicted molar refractivity (Wildman–Crippen MR) is 79.4 cm³/mol. The second kappa shape index (κ2) is 6.08. The molecular formula is C16H23N3. The zero-order valence-corrected chi connectivity index (χ0v) is 12.1. The van der Waals surface area contributed by atoms with Crippen LogP contribution >= 0.6 is 0 Å². The first kappa shape index (κ1) is 13.9. The molecule has 0 amide bonds. The van der Waals surface area contributed by atoms with Gasteiger partial charge in [0.1, 0.15) is 0 Å². The van der Waals surface area contributed by atoms with E-state index in [2.05, 4.69) is 55.3 Å². The van der Waals surface area contributed by atoms with Gasteiger partial charge in [0.05, 0.1) is 12.5 Å². The first-order valence-corrected chi connectivity index (χ1v) is 7.06. The van der Waals surface area contributed by atoms with Crippen molar-refractivity contribution in [2.45, 2.75) is 45.7 Å². The largest absolute Gasteiger partial charge is 0.367 e. The molecule has 0 spiro atoms. The summed E-state index contributed by atoms with van der Waals surface area (Å²) in [6, 6.07) is 9.70. The Hall–Kier alpha value is -1.53. The van der Waals surface area contributed by atoms with Crippen molar-refractivity contribution in [3.63, 3.8) is 0 Å². The van der Waals surface area contributed by atoms with Gasteiger partial charge in [-0.05, 0) is 45.4 Å². The molecule has 2 rings (SSSR count). The lowest BCUT2D eigenvalue weighted by atomic mass is 10.1. The van der Waals surface area contributed by atoms with Gasteiger partial charge in [0.15, 0.2) is 0 Å². The number of hydrogen-bond donors (Lipinski definition) is 1. The molecule has 1 aliphatic heterocycles. The van der Waals surface area contributed by atoms with Gasteiger partial charge >= 0.3 is 0 Å². The highest BCUT2D eigenvalue weighted by atomic mass is 15.2. The number of benzene rings is 1. The summed E-state index contributed by atoms with van der Waals surface area (Å²) in [6.07, 6.45) is 1.70. The molecule has 1 saturated heterocycles. The quantitative estimate of drug-likeness (QED) is 0.885. The van der Waals surface area contributed by atoms with E-state index in [9.17, 15) is 0 Å². The first-order chi connectivity index (χ1) is 9.11. The molecule has 0 aromatic heterocycles. The third kappa shape index (κ3) is 3.27. The average molecular weight is 257 g/mol. The zero-order valence-electron chi connectivity index (χ0n) is 12.1. The average Bonchev–Trinajstić information content (AvgIpc) is 2.53. The van der Waals surface area contributed by atoms with E-state index in [1.807, 2.05) is 0 Å².